The van der Waals surface area contributed by atoms with E-state index >= 15 is 0 Å². The molecular formula is C9H10O2. The summed E-state index contributed by atoms with van der Waals surface area (Å²) in [5.41, 5.74) is -0.159. The van der Waals surface area contributed by atoms with E-state index in [2.05, 4.69) is 0 Å². The molecule has 1 atom stereocenters. The van der Waals surface area contributed by atoms with E-state index in [1.54, 1.807) is 12.3 Å². The van der Waals surface area contributed by atoms with E-state index in [-0.39, 0.29) is 11.4 Å². The predicted octanol–water partition coefficient (Wildman–Crippen LogP) is 1.58. The molecule has 11 heavy (non-hydrogen) atoms. The number of hydrogen-bond acceptors (Lipinski definition) is 2. The van der Waals surface area contributed by atoms with Crippen LogP contribution in [0.4, 0.5) is 0 Å². The molecule has 0 bridgehead atoms. The van der Waals surface area contributed by atoms with Crippen LogP contribution < -0.4 is 0 Å². The lowest BCUT2D eigenvalue weighted by Crippen LogP contribution is -2.28. The molecule has 1 unspecified atom stereocenters. The second-order valence-electron chi connectivity index (χ2n) is 3.06. The Morgan fingerprint density at radius 1 is 1.55 bits per heavy atom. The molecule has 1 aliphatic heterocycles. The molecule has 2 heteroatoms. The van der Waals surface area contributed by atoms with Crippen LogP contribution in [0.1, 0.15) is 19.3 Å². The van der Waals surface area contributed by atoms with Gasteiger partial charge in [-0.1, -0.05) is 0 Å². The molecule has 1 aliphatic carbocycles. The Balaban J connectivity index is 2.17. The summed E-state index contributed by atoms with van der Waals surface area (Å²) in [6, 6.07) is 0. The largest absolute Gasteiger partial charge is 0.491 e. The number of hydrogen-bond donors (Lipinski definition) is 0. The Labute approximate surface area is 65.5 Å². The van der Waals surface area contributed by atoms with Gasteiger partial charge in [0.15, 0.2) is 5.78 Å². The van der Waals surface area contributed by atoms with Gasteiger partial charge in [-0.15, -0.1) is 0 Å². The van der Waals surface area contributed by atoms with Crippen LogP contribution in [0.2, 0.25) is 0 Å². The first-order valence-corrected chi connectivity index (χ1v) is 3.86. The molecule has 0 N–H and O–H groups in total. The highest BCUT2D eigenvalue weighted by atomic mass is 16.5. The van der Waals surface area contributed by atoms with Gasteiger partial charge in [0.25, 0.3) is 0 Å². The molecule has 2 nitrogen and oxygen atoms in total. The maximum Gasteiger partial charge on any atom is 0.155 e. The monoisotopic (exact) mass is 150 g/mol. The van der Waals surface area contributed by atoms with Crippen molar-refractivity contribution in [2.45, 2.75) is 24.9 Å². The minimum atomic E-state index is -0.159. The average Bonchev–Trinajstić information content (AvgIpc) is 2.45. The molecule has 0 amide bonds. The second-order valence-corrected chi connectivity index (χ2v) is 3.06. The summed E-state index contributed by atoms with van der Waals surface area (Å²) < 4.78 is 5.41. The maximum absolute atomic E-state index is 10.8. The van der Waals surface area contributed by atoms with E-state index in [0.717, 1.165) is 12.8 Å². The van der Waals surface area contributed by atoms with Gasteiger partial charge in [0.2, 0.25) is 0 Å². The van der Waals surface area contributed by atoms with Crippen molar-refractivity contribution in [2.24, 2.45) is 0 Å². The van der Waals surface area contributed by atoms with Gasteiger partial charge in [-0.2, -0.15) is 0 Å². The van der Waals surface area contributed by atoms with Crippen molar-refractivity contribution in [3.63, 3.8) is 0 Å². The van der Waals surface area contributed by atoms with Gasteiger partial charge < -0.3 is 4.74 Å². The Hall–Kier alpha value is -1.05. The van der Waals surface area contributed by atoms with E-state index in [1.165, 1.54) is 0 Å². The minimum absolute atomic E-state index is 0.159. The van der Waals surface area contributed by atoms with Gasteiger partial charge in [0, 0.05) is 12.8 Å². The maximum atomic E-state index is 10.8. The summed E-state index contributed by atoms with van der Waals surface area (Å²) in [7, 11) is 0. The number of allylic oxidation sites excluding steroid dienone is 1. The lowest BCUT2D eigenvalue weighted by Gasteiger charge is -2.26. The molecular weight excluding hydrogens is 140 g/mol. The van der Waals surface area contributed by atoms with Crippen LogP contribution in [0.15, 0.2) is 24.5 Å². The average molecular weight is 150 g/mol. The van der Waals surface area contributed by atoms with E-state index in [1.807, 2.05) is 12.2 Å². The molecule has 0 aromatic heterocycles. The molecule has 1 spiro atoms. The van der Waals surface area contributed by atoms with Crippen molar-refractivity contribution in [3.05, 3.63) is 24.5 Å². The molecule has 0 radical (unpaired) electrons. The van der Waals surface area contributed by atoms with E-state index in [4.69, 9.17) is 4.74 Å². The third kappa shape index (κ3) is 1.09. The third-order valence-corrected chi connectivity index (χ3v) is 2.23. The van der Waals surface area contributed by atoms with Crippen LogP contribution >= 0.6 is 0 Å². The van der Waals surface area contributed by atoms with Gasteiger partial charge in [-0.05, 0) is 24.6 Å². The number of carbonyl (C=O) groups excluding carboxylic acids is 1. The topological polar surface area (TPSA) is 26.3 Å². The van der Waals surface area contributed by atoms with Crippen LogP contribution in [0.5, 0.6) is 0 Å². The zero-order valence-electron chi connectivity index (χ0n) is 6.25. The SMILES string of the molecule is O=C1C=CC2(CC=CO2)CC1. The molecule has 58 valence electrons. The zero-order chi connectivity index (χ0) is 7.73. The summed E-state index contributed by atoms with van der Waals surface area (Å²) in [4.78, 5) is 10.8. The van der Waals surface area contributed by atoms with Crippen LogP contribution in [-0.4, -0.2) is 11.4 Å². The molecule has 0 aromatic rings. The van der Waals surface area contributed by atoms with E-state index < -0.39 is 0 Å². The fourth-order valence-corrected chi connectivity index (χ4v) is 1.49. The normalized spacial score (nSPS) is 34.7. The van der Waals surface area contributed by atoms with Crippen molar-refractivity contribution in [2.75, 3.05) is 0 Å². The third-order valence-electron chi connectivity index (χ3n) is 2.23. The summed E-state index contributed by atoms with van der Waals surface area (Å²) in [6.45, 7) is 0. The van der Waals surface area contributed by atoms with Crippen molar-refractivity contribution < 1.29 is 9.53 Å². The first kappa shape index (κ1) is 6.65. The number of ether oxygens (including phenoxy) is 1. The molecule has 0 saturated heterocycles. The highest BCUT2D eigenvalue weighted by molar-refractivity contribution is 5.90. The Morgan fingerprint density at radius 3 is 3.00 bits per heavy atom. The fourth-order valence-electron chi connectivity index (χ4n) is 1.49. The molecule has 2 rings (SSSR count). The summed E-state index contributed by atoms with van der Waals surface area (Å²) in [5.74, 6) is 0.214. The van der Waals surface area contributed by atoms with Crippen molar-refractivity contribution in [1.29, 1.82) is 0 Å². The lowest BCUT2D eigenvalue weighted by molar-refractivity contribution is -0.116. The van der Waals surface area contributed by atoms with Crippen molar-refractivity contribution >= 4 is 5.78 Å². The van der Waals surface area contributed by atoms with Crippen LogP contribution in [0, 0.1) is 0 Å². The van der Waals surface area contributed by atoms with Gasteiger partial charge >= 0.3 is 0 Å². The van der Waals surface area contributed by atoms with E-state index in [9.17, 15) is 4.79 Å². The number of rotatable bonds is 0. The summed E-state index contributed by atoms with van der Waals surface area (Å²) >= 11 is 0. The molecule has 0 fully saturated rings. The van der Waals surface area contributed by atoms with E-state index in [0.29, 0.717) is 6.42 Å². The molecule has 1 heterocycles. The first-order valence-electron chi connectivity index (χ1n) is 3.86. The number of ketones is 1. The fraction of sp³-hybridized carbons (Fsp3) is 0.444. The van der Waals surface area contributed by atoms with Crippen LogP contribution in [-0.2, 0) is 9.53 Å². The van der Waals surface area contributed by atoms with Gasteiger partial charge in [-0.3, -0.25) is 4.79 Å². The smallest absolute Gasteiger partial charge is 0.155 e. The quantitative estimate of drug-likeness (QED) is 0.524. The molecule has 0 aromatic carbocycles. The van der Waals surface area contributed by atoms with Gasteiger partial charge in [-0.25, -0.2) is 0 Å². The highest BCUT2D eigenvalue weighted by Gasteiger charge is 2.32. The summed E-state index contributed by atoms with van der Waals surface area (Å²) in [5, 5.41) is 0. The second kappa shape index (κ2) is 2.22. The summed E-state index contributed by atoms with van der Waals surface area (Å²) in [6.07, 6.45) is 9.61. The first-order chi connectivity index (χ1) is 5.31. The van der Waals surface area contributed by atoms with Gasteiger partial charge in [0.1, 0.15) is 5.60 Å². The Kier molecular flexibility index (Phi) is 1.34. The standard InChI is InChI=1S/C9H10O2/c10-8-2-5-9(6-3-8)4-1-7-11-9/h1-2,5,7H,3-4,6H2. The van der Waals surface area contributed by atoms with Crippen molar-refractivity contribution in [3.8, 4) is 0 Å². The minimum Gasteiger partial charge on any atom is -0.491 e. The zero-order valence-corrected chi connectivity index (χ0v) is 6.25. The molecule has 2 aliphatic rings. The Bertz CT molecular complexity index is 230. The van der Waals surface area contributed by atoms with Crippen molar-refractivity contribution in [1.82, 2.24) is 0 Å². The molecule has 0 saturated carbocycles. The number of carbonyl (C=O) groups is 1. The Morgan fingerprint density at radius 2 is 2.45 bits per heavy atom. The lowest BCUT2D eigenvalue weighted by atomic mass is 9.88. The van der Waals surface area contributed by atoms with Crippen LogP contribution in [0.25, 0.3) is 0 Å². The van der Waals surface area contributed by atoms with Gasteiger partial charge in [0.05, 0.1) is 6.26 Å². The highest BCUT2D eigenvalue weighted by Crippen LogP contribution is 2.32. The van der Waals surface area contributed by atoms with Crippen LogP contribution in [0.3, 0.4) is 0 Å². The predicted molar refractivity (Wildman–Crippen MR) is 41.0 cm³/mol.